The van der Waals surface area contributed by atoms with Crippen molar-refractivity contribution in [2.24, 2.45) is 0 Å². The molecule has 2 N–H and O–H groups in total. The Bertz CT molecular complexity index is 1050. The van der Waals surface area contributed by atoms with Gasteiger partial charge < -0.3 is 10.2 Å². The fraction of sp³-hybridized carbons (Fsp3) is 0.500. The summed E-state index contributed by atoms with van der Waals surface area (Å²) in [5.41, 5.74) is 4.96. The van der Waals surface area contributed by atoms with Gasteiger partial charge in [-0.2, -0.15) is 10.2 Å². The van der Waals surface area contributed by atoms with Gasteiger partial charge in [0, 0.05) is 54.4 Å². The Morgan fingerprint density at radius 1 is 1.32 bits per heavy atom. The van der Waals surface area contributed by atoms with E-state index in [2.05, 4.69) is 37.3 Å². The van der Waals surface area contributed by atoms with Crippen LogP contribution in [0.25, 0.3) is 22.3 Å². The van der Waals surface area contributed by atoms with Crippen LogP contribution in [-0.4, -0.2) is 55.5 Å². The van der Waals surface area contributed by atoms with Crippen LogP contribution in [0, 0.1) is 6.92 Å². The van der Waals surface area contributed by atoms with Gasteiger partial charge in [-0.15, -0.1) is 0 Å². The summed E-state index contributed by atoms with van der Waals surface area (Å²) in [7, 11) is 0. The molecule has 0 bridgehead atoms. The number of urea groups is 1. The largest absolute Gasteiger partial charge is 0.338 e. The summed E-state index contributed by atoms with van der Waals surface area (Å²) in [4.78, 5) is 18.8. The van der Waals surface area contributed by atoms with Crippen LogP contribution in [0.4, 0.5) is 4.79 Å². The fourth-order valence-electron chi connectivity index (χ4n) is 4.74. The fourth-order valence-corrected chi connectivity index (χ4v) is 4.74. The quantitative estimate of drug-likeness (QED) is 0.716. The molecular weight excluding hydrogens is 354 g/mol. The van der Waals surface area contributed by atoms with Crippen molar-refractivity contribution in [1.82, 2.24) is 35.2 Å². The average Bonchev–Trinajstić information content (AvgIpc) is 3.41. The minimum Gasteiger partial charge on any atom is -0.338 e. The number of hydrogen-bond acceptors (Lipinski definition) is 4. The molecule has 146 valence electrons. The maximum Gasteiger partial charge on any atom is 0.317 e. The van der Waals surface area contributed by atoms with Gasteiger partial charge in [0.1, 0.15) is 0 Å². The molecule has 0 aromatic carbocycles. The molecule has 1 saturated heterocycles. The number of hydrogen-bond donors (Lipinski definition) is 2. The van der Waals surface area contributed by atoms with E-state index in [1.165, 1.54) is 5.69 Å². The number of H-pyrrole nitrogens is 1. The predicted octanol–water partition coefficient (Wildman–Crippen LogP) is 2.60. The van der Waals surface area contributed by atoms with E-state index in [0.29, 0.717) is 6.54 Å². The Labute approximate surface area is 163 Å². The predicted molar refractivity (Wildman–Crippen MR) is 106 cm³/mol. The van der Waals surface area contributed by atoms with Crippen LogP contribution in [0.15, 0.2) is 18.3 Å². The molecule has 3 aromatic rings. The van der Waals surface area contributed by atoms with Gasteiger partial charge in [0.25, 0.3) is 0 Å². The lowest BCUT2D eigenvalue weighted by atomic mass is 9.77. The number of aromatic nitrogens is 5. The SMILES string of the molecule is CCNC(=O)N1CCC2(CCCn3nc(-c4cnc5[nH]nc(C)c5c4)cc32)C1. The summed E-state index contributed by atoms with van der Waals surface area (Å²) in [5, 5.41) is 16.0. The lowest BCUT2D eigenvalue weighted by Gasteiger charge is -2.34. The van der Waals surface area contributed by atoms with E-state index in [1.807, 2.05) is 24.9 Å². The Morgan fingerprint density at radius 2 is 2.21 bits per heavy atom. The molecule has 2 amide bonds. The molecule has 2 aliphatic rings. The van der Waals surface area contributed by atoms with Crippen molar-refractivity contribution in [1.29, 1.82) is 0 Å². The highest BCUT2D eigenvalue weighted by Crippen LogP contribution is 2.43. The van der Waals surface area contributed by atoms with E-state index >= 15 is 0 Å². The smallest absolute Gasteiger partial charge is 0.317 e. The van der Waals surface area contributed by atoms with Gasteiger partial charge in [-0.05, 0) is 45.2 Å². The number of pyridine rings is 1. The van der Waals surface area contributed by atoms with Crippen LogP contribution in [-0.2, 0) is 12.0 Å². The van der Waals surface area contributed by atoms with Crippen molar-refractivity contribution in [2.75, 3.05) is 19.6 Å². The number of rotatable bonds is 2. The number of aryl methyl sites for hydroxylation is 2. The molecule has 0 aliphatic carbocycles. The van der Waals surface area contributed by atoms with E-state index in [0.717, 1.165) is 66.9 Å². The van der Waals surface area contributed by atoms with Gasteiger partial charge in [0.15, 0.2) is 5.65 Å². The Morgan fingerprint density at radius 3 is 3.07 bits per heavy atom. The summed E-state index contributed by atoms with van der Waals surface area (Å²) < 4.78 is 2.15. The maximum absolute atomic E-state index is 12.3. The summed E-state index contributed by atoms with van der Waals surface area (Å²) >= 11 is 0. The van der Waals surface area contributed by atoms with E-state index < -0.39 is 0 Å². The third-order valence-electron chi connectivity index (χ3n) is 6.22. The minimum atomic E-state index is 0.0116. The zero-order valence-electron chi connectivity index (χ0n) is 16.3. The first-order chi connectivity index (χ1) is 13.6. The van der Waals surface area contributed by atoms with Gasteiger partial charge in [-0.25, -0.2) is 9.78 Å². The lowest BCUT2D eigenvalue weighted by molar-refractivity contribution is 0.203. The van der Waals surface area contributed by atoms with E-state index in [4.69, 9.17) is 5.10 Å². The van der Waals surface area contributed by atoms with Gasteiger partial charge in [0.2, 0.25) is 0 Å². The van der Waals surface area contributed by atoms with Crippen LogP contribution in [0.5, 0.6) is 0 Å². The van der Waals surface area contributed by atoms with E-state index in [9.17, 15) is 4.79 Å². The van der Waals surface area contributed by atoms with Crippen molar-refractivity contribution in [3.63, 3.8) is 0 Å². The topological polar surface area (TPSA) is 91.7 Å². The second-order valence-corrected chi connectivity index (χ2v) is 7.96. The zero-order chi connectivity index (χ0) is 19.3. The molecule has 0 radical (unpaired) electrons. The summed E-state index contributed by atoms with van der Waals surface area (Å²) in [5.74, 6) is 0. The molecule has 28 heavy (non-hydrogen) atoms. The van der Waals surface area contributed by atoms with Crippen LogP contribution < -0.4 is 5.32 Å². The minimum absolute atomic E-state index is 0.0116. The summed E-state index contributed by atoms with van der Waals surface area (Å²) in [6.07, 6.45) is 5.05. The normalized spacial score (nSPS) is 21.4. The third kappa shape index (κ3) is 2.58. The van der Waals surface area contributed by atoms with Crippen molar-refractivity contribution >= 4 is 17.1 Å². The van der Waals surface area contributed by atoms with Crippen molar-refractivity contribution in [3.8, 4) is 11.3 Å². The van der Waals surface area contributed by atoms with Crippen molar-refractivity contribution < 1.29 is 4.79 Å². The number of carbonyl (C=O) groups excluding carboxylic acids is 1. The molecule has 1 fully saturated rings. The monoisotopic (exact) mass is 379 g/mol. The van der Waals surface area contributed by atoms with E-state index in [1.54, 1.807) is 0 Å². The summed E-state index contributed by atoms with van der Waals surface area (Å²) in [6, 6.07) is 4.36. The van der Waals surface area contributed by atoms with Crippen LogP contribution in [0.1, 0.15) is 37.6 Å². The van der Waals surface area contributed by atoms with E-state index in [-0.39, 0.29) is 11.4 Å². The molecule has 1 unspecified atom stereocenters. The summed E-state index contributed by atoms with van der Waals surface area (Å²) in [6.45, 7) is 7.09. The van der Waals surface area contributed by atoms with Crippen molar-refractivity contribution in [3.05, 3.63) is 29.7 Å². The highest BCUT2D eigenvalue weighted by atomic mass is 16.2. The van der Waals surface area contributed by atoms with Crippen molar-refractivity contribution in [2.45, 2.75) is 45.1 Å². The first kappa shape index (κ1) is 17.2. The standard InChI is InChI=1S/C20H25N7O/c1-3-21-19(28)26-8-6-20(12-26)5-4-7-27-17(20)10-16(25-27)14-9-15-13(2)23-24-18(15)22-11-14/h9-11H,3-8,12H2,1-2H3,(H,21,28)(H,22,23,24). The van der Waals surface area contributed by atoms with Gasteiger partial charge in [0.05, 0.1) is 11.4 Å². The second kappa shape index (κ2) is 6.32. The maximum atomic E-state index is 12.3. The average molecular weight is 379 g/mol. The number of likely N-dealkylation sites (tertiary alicyclic amines) is 1. The molecule has 8 nitrogen and oxygen atoms in total. The molecule has 1 spiro atoms. The lowest BCUT2D eigenvalue weighted by Crippen LogP contribution is -2.42. The van der Waals surface area contributed by atoms with Crippen LogP contribution >= 0.6 is 0 Å². The van der Waals surface area contributed by atoms with Crippen LogP contribution in [0.2, 0.25) is 0 Å². The Kier molecular flexibility index (Phi) is 3.89. The molecule has 5 heterocycles. The second-order valence-electron chi connectivity index (χ2n) is 7.96. The molecule has 3 aromatic heterocycles. The molecule has 5 rings (SSSR count). The number of amides is 2. The third-order valence-corrected chi connectivity index (χ3v) is 6.22. The van der Waals surface area contributed by atoms with Gasteiger partial charge in [-0.3, -0.25) is 9.78 Å². The molecule has 2 aliphatic heterocycles. The number of nitrogens with one attached hydrogen (secondary N) is 2. The number of aromatic amines is 1. The van der Waals surface area contributed by atoms with Gasteiger partial charge in [-0.1, -0.05) is 0 Å². The number of carbonyl (C=O) groups is 1. The van der Waals surface area contributed by atoms with Crippen LogP contribution in [0.3, 0.4) is 0 Å². The number of fused-ring (bicyclic) bond motifs is 3. The first-order valence-electron chi connectivity index (χ1n) is 10.0. The highest BCUT2D eigenvalue weighted by molar-refractivity contribution is 5.82. The Hall–Kier alpha value is -2.90. The molecule has 8 heteroatoms. The Balaban J connectivity index is 1.50. The molecule has 0 saturated carbocycles. The number of nitrogens with zero attached hydrogens (tertiary/aromatic N) is 5. The molecule has 1 atom stereocenters. The highest BCUT2D eigenvalue weighted by Gasteiger charge is 2.45. The first-order valence-corrected chi connectivity index (χ1v) is 10.0. The zero-order valence-corrected chi connectivity index (χ0v) is 16.3. The molecular formula is C20H25N7O. The van der Waals surface area contributed by atoms with Gasteiger partial charge >= 0.3 is 6.03 Å².